The average Bonchev–Trinajstić information content (AvgIpc) is 2.46. The van der Waals surface area contributed by atoms with Gasteiger partial charge in [0.1, 0.15) is 0 Å². The van der Waals surface area contributed by atoms with Crippen molar-refractivity contribution in [2.45, 2.75) is 32.7 Å². The van der Waals surface area contributed by atoms with Gasteiger partial charge in [-0.25, -0.2) is 0 Å². The fraction of sp³-hybridized carbons (Fsp3) is 0.294. The van der Waals surface area contributed by atoms with Gasteiger partial charge in [-0.3, -0.25) is 0 Å². The van der Waals surface area contributed by atoms with Crippen LogP contribution in [0.15, 0.2) is 42.5 Å². The van der Waals surface area contributed by atoms with E-state index in [0.29, 0.717) is 0 Å². The molecule has 0 saturated carbocycles. The first-order chi connectivity index (χ1) is 9.17. The largest absolute Gasteiger partial charge is 0.320 e. The summed E-state index contributed by atoms with van der Waals surface area (Å²) in [6.07, 6.45) is 2.09. The van der Waals surface area contributed by atoms with Crippen molar-refractivity contribution in [2.24, 2.45) is 5.73 Å². The van der Waals surface area contributed by atoms with Crippen molar-refractivity contribution in [3.63, 3.8) is 0 Å². The Morgan fingerprint density at radius 1 is 1.00 bits per heavy atom. The Labute approximate surface area is 120 Å². The van der Waals surface area contributed by atoms with E-state index in [4.69, 9.17) is 17.3 Å². The smallest absolute Gasteiger partial charge is 0.0566 e. The molecule has 0 aliphatic heterocycles. The quantitative estimate of drug-likeness (QED) is 0.871. The lowest BCUT2D eigenvalue weighted by Gasteiger charge is -2.16. The van der Waals surface area contributed by atoms with Gasteiger partial charge in [0.2, 0.25) is 0 Å². The summed E-state index contributed by atoms with van der Waals surface area (Å²) in [6, 6.07) is 14.1. The van der Waals surface area contributed by atoms with Gasteiger partial charge in [0, 0.05) is 5.02 Å². The van der Waals surface area contributed by atoms with E-state index in [1.807, 2.05) is 24.3 Å². The SMILES string of the molecule is CCc1ccc(C(N)c2ccccc2Cl)cc1CC. The number of halogens is 1. The van der Waals surface area contributed by atoms with Crippen LogP contribution < -0.4 is 5.73 Å². The van der Waals surface area contributed by atoms with E-state index in [-0.39, 0.29) is 6.04 Å². The number of aryl methyl sites for hydroxylation is 2. The van der Waals surface area contributed by atoms with Gasteiger partial charge in [-0.2, -0.15) is 0 Å². The lowest BCUT2D eigenvalue weighted by atomic mass is 9.94. The summed E-state index contributed by atoms with van der Waals surface area (Å²) in [5.74, 6) is 0. The average molecular weight is 274 g/mol. The van der Waals surface area contributed by atoms with E-state index >= 15 is 0 Å². The van der Waals surface area contributed by atoms with Crippen molar-refractivity contribution in [3.05, 3.63) is 69.7 Å². The minimum atomic E-state index is -0.162. The molecule has 0 fully saturated rings. The van der Waals surface area contributed by atoms with E-state index < -0.39 is 0 Å². The normalized spacial score (nSPS) is 12.4. The fourth-order valence-electron chi connectivity index (χ4n) is 2.42. The Balaban J connectivity index is 2.39. The highest BCUT2D eigenvalue weighted by Crippen LogP contribution is 2.27. The van der Waals surface area contributed by atoms with Crippen molar-refractivity contribution >= 4 is 11.6 Å². The van der Waals surface area contributed by atoms with Crippen LogP contribution in [-0.4, -0.2) is 0 Å². The van der Waals surface area contributed by atoms with Crippen molar-refractivity contribution in [2.75, 3.05) is 0 Å². The summed E-state index contributed by atoms with van der Waals surface area (Å²) in [4.78, 5) is 0. The topological polar surface area (TPSA) is 26.0 Å². The lowest BCUT2D eigenvalue weighted by molar-refractivity contribution is 0.863. The molecule has 0 aliphatic carbocycles. The van der Waals surface area contributed by atoms with Crippen LogP contribution in [0.4, 0.5) is 0 Å². The minimum Gasteiger partial charge on any atom is -0.320 e. The summed E-state index contributed by atoms with van der Waals surface area (Å²) in [5.41, 5.74) is 11.2. The van der Waals surface area contributed by atoms with E-state index in [2.05, 4.69) is 32.0 Å². The predicted octanol–water partition coefficient (Wildman–Crippen LogP) is 4.51. The van der Waals surface area contributed by atoms with E-state index in [1.165, 1.54) is 11.1 Å². The second-order valence-electron chi connectivity index (χ2n) is 4.73. The maximum atomic E-state index is 6.35. The molecule has 1 nitrogen and oxygen atoms in total. The van der Waals surface area contributed by atoms with Crippen molar-refractivity contribution in [1.29, 1.82) is 0 Å². The Hall–Kier alpha value is -1.31. The molecular weight excluding hydrogens is 254 g/mol. The molecule has 0 amide bonds. The van der Waals surface area contributed by atoms with Gasteiger partial charge in [-0.15, -0.1) is 0 Å². The van der Waals surface area contributed by atoms with Gasteiger partial charge >= 0.3 is 0 Å². The van der Waals surface area contributed by atoms with Gasteiger partial charge in [0.15, 0.2) is 0 Å². The van der Waals surface area contributed by atoms with Gasteiger partial charge < -0.3 is 5.73 Å². The second-order valence-corrected chi connectivity index (χ2v) is 5.14. The monoisotopic (exact) mass is 273 g/mol. The molecule has 2 rings (SSSR count). The van der Waals surface area contributed by atoms with Crippen LogP contribution in [0.5, 0.6) is 0 Å². The third-order valence-corrected chi connectivity index (χ3v) is 3.94. The molecule has 0 saturated heterocycles. The molecule has 1 unspecified atom stereocenters. The van der Waals surface area contributed by atoms with Crippen LogP contribution in [0.25, 0.3) is 0 Å². The van der Waals surface area contributed by atoms with E-state index in [9.17, 15) is 0 Å². The summed E-state index contributed by atoms with van der Waals surface area (Å²) in [6.45, 7) is 4.36. The lowest BCUT2D eigenvalue weighted by Crippen LogP contribution is -2.13. The minimum absolute atomic E-state index is 0.162. The maximum absolute atomic E-state index is 6.35. The highest BCUT2D eigenvalue weighted by atomic mass is 35.5. The molecule has 100 valence electrons. The molecule has 2 aromatic carbocycles. The first-order valence-corrected chi connectivity index (χ1v) is 7.16. The molecule has 0 aliphatic rings. The summed E-state index contributed by atoms with van der Waals surface area (Å²) < 4.78 is 0. The first-order valence-electron chi connectivity index (χ1n) is 6.79. The zero-order valence-corrected chi connectivity index (χ0v) is 12.2. The Kier molecular flexibility index (Phi) is 4.62. The molecule has 19 heavy (non-hydrogen) atoms. The zero-order chi connectivity index (χ0) is 13.8. The third-order valence-electron chi connectivity index (χ3n) is 3.59. The highest BCUT2D eigenvalue weighted by molar-refractivity contribution is 6.31. The second kappa shape index (κ2) is 6.23. The zero-order valence-electron chi connectivity index (χ0n) is 11.5. The Morgan fingerprint density at radius 2 is 1.68 bits per heavy atom. The van der Waals surface area contributed by atoms with Crippen LogP contribution in [0, 0.1) is 0 Å². The molecular formula is C17H20ClN. The molecule has 0 bridgehead atoms. The number of hydrogen-bond donors (Lipinski definition) is 1. The van der Waals surface area contributed by atoms with Crippen LogP contribution in [0.3, 0.4) is 0 Å². The van der Waals surface area contributed by atoms with Crippen LogP contribution in [0.2, 0.25) is 5.02 Å². The third kappa shape index (κ3) is 2.99. The van der Waals surface area contributed by atoms with Gasteiger partial charge in [0.05, 0.1) is 6.04 Å². The first kappa shape index (κ1) is 14.1. The van der Waals surface area contributed by atoms with Crippen molar-refractivity contribution in [1.82, 2.24) is 0 Å². The summed E-state index contributed by atoms with van der Waals surface area (Å²) in [7, 11) is 0. The Bertz CT molecular complexity index is 563. The van der Waals surface area contributed by atoms with E-state index in [0.717, 1.165) is 29.0 Å². The van der Waals surface area contributed by atoms with Gasteiger partial charge in [-0.05, 0) is 41.2 Å². The van der Waals surface area contributed by atoms with Crippen LogP contribution in [0.1, 0.15) is 42.1 Å². The highest BCUT2D eigenvalue weighted by Gasteiger charge is 2.13. The molecule has 0 radical (unpaired) electrons. The van der Waals surface area contributed by atoms with Crippen LogP contribution in [-0.2, 0) is 12.8 Å². The number of nitrogens with two attached hydrogens (primary N) is 1. The fourth-order valence-corrected chi connectivity index (χ4v) is 2.67. The van der Waals surface area contributed by atoms with Crippen LogP contribution >= 0.6 is 11.6 Å². The number of hydrogen-bond acceptors (Lipinski definition) is 1. The standard InChI is InChI=1S/C17H20ClN/c1-3-12-9-10-14(11-13(12)4-2)17(19)15-7-5-6-8-16(15)18/h5-11,17H,3-4,19H2,1-2H3. The predicted molar refractivity (Wildman–Crippen MR) is 82.7 cm³/mol. The van der Waals surface area contributed by atoms with E-state index in [1.54, 1.807) is 0 Å². The molecule has 0 aromatic heterocycles. The molecule has 2 aromatic rings. The molecule has 0 spiro atoms. The van der Waals surface area contributed by atoms with Gasteiger partial charge in [0.25, 0.3) is 0 Å². The van der Waals surface area contributed by atoms with Gasteiger partial charge in [-0.1, -0.05) is 61.8 Å². The van der Waals surface area contributed by atoms with Crippen molar-refractivity contribution in [3.8, 4) is 0 Å². The Morgan fingerprint density at radius 3 is 2.32 bits per heavy atom. The van der Waals surface area contributed by atoms with Crippen molar-refractivity contribution < 1.29 is 0 Å². The number of rotatable bonds is 4. The summed E-state index contributed by atoms with van der Waals surface area (Å²) >= 11 is 6.22. The maximum Gasteiger partial charge on any atom is 0.0566 e. The molecule has 2 N–H and O–H groups in total. The molecule has 2 heteroatoms. The molecule has 1 atom stereocenters. The number of benzene rings is 2. The summed E-state index contributed by atoms with van der Waals surface area (Å²) in [5, 5.41) is 0.729. The molecule has 0 heterocycles.